The second-order valence-corrected chi connectivity index (χ2v) is 5.67. The maximum atomic E-state index is 12.0. The zero-order valence-corrected chi connectivity index (χ0v) is 10.9. The van der Waals surface area contributed by atoms with Crippen molar-refractivity contribution in [1.82, 2.24) is 25.3 Å². The van der Waals surface area contributed by atoms with E-state index in [1.807, 2.05) is 0 Å². The van der Waals surface area contributed by atoms with E-state index in [9.17, 15) is 13.5 Å². The van der Waals surface area contributed by atoms with E-state index in [-0.39, 0.29) is 17.3 Å². The lowest BCUT2D eigenvalue weighted by Crippen LogP contribution is -2.24. The average Bonchev–Trinajstić information content (AvgIpc) is 2.90. The summed E-state index contributed by atoms with van der Waals surface area (Å²) in [5.41, 5.74) is 0.530. The molecule has 0 bridgehead atoms. The van der Waals surface area contributed by atoms with E-state index < -0.39 is 16.1 Å². The van der Waals surface area contributed by atoms with Crippen molar-refractivity contribution in [2.45, 2.75) is 24.5 Å². The number of hydrogen-bond donors (Lipinski definition) is 3. The topological polar surface area (TPSA) is 121 Å². The van der Waals surface area contributed by atoms with Gasteiger partial charge in [-0.3, -0.25) is 0 Å². The second-order valence-electron chi connectivity index (χ2n) is 3.90. The molecule has 2 rings (SSSR count). The molecule has 0 aliphatic heterocycles. The quantitative estimate of drug-likeness (QED) is 0.694. The zero-order chi connectivity index (χ0) is 13.9. The van der Waals surface area contributed by atoms with Gasteiger partial charge < -0.3 is 5.11 Å². The second kappa shape index (κ2) is 5.43. The van der Waals surface area contributed by atoms with Gasteiger partial charge in [-0.25, -0.2) is 13.1 Å². The number of tetrazole rings is 1. The summed E-state index contributed by atoms with van der Waals surface area (Å²) in [7, 11) is -3.68. The largest absolute Gasteiger partial charge is 0.389 e. The number of aliphatic hydroxyl groups is 1. The van der Waals surface area contributed by atoms with Crippen molar-refractivity contribution in [2.75, 3.05) is 0 Å². The standard InChI is InChI=1S/C10H13N5O3S/c1-7(16)8-3-2-4-9(5-8)19(17,18)11-6-10-12-14-15-13-10/h2-5,7,11,16H,6H2,1H3,(H,12,13,14,15). The summed E-state index contributed by atoms with van der Waals surface area (Å²) in [5.74, 6) is 0.246. The number of aromatic nitrogens is 4. The molecule has 0 aliphatic carbocycles. The highest BCUT2D eigenvalue weighted by atomic mass is 32.2. The third-order valence-electron chi connectivity index (χ3n) is 2.46. The minimum absolute atomic E-state index is 0.0578. The number of benzene rings is 1. The van der Waals surface area contributed by atoms with Gasteiger partial charge in [0, 0.05) is 0 Å². The molecule has 0 amide bonds. The van der Waals surface area contributed by atoms with E-state index in [2.05, 4.69) is 25.3 Å². The fraction of sp³-hybridized carbons (Fsp3) is 0.300. The minimum atomic E-state index is -3.68. The van der Waals surface area contributed by atoms with Gasteiger partial charge in [-0.2, -0.15) is 5.21 Å². The first kappa shape index (κ1) is 13.6. The van der Waals surface area contributed by atoms with Crippen molar-refractivity contribution in [1.29, 1.82) is 0 Å². The van der Waals surface area contributed by atoms with Crippen LogP contribution in [0.15, 0.2) is 29.2 Å². The molecular weight excluding hydrogens is 270 g/mol. The summed E-state index contributed by atoms with van der Waals surface area (Å²) in [4.78, 5) is 0.0781. The molecule has 0 spiro atoms. The Labute approximate surface area is 109 Å². The first-order valence-electron chi connectivity index (χ1n) is 5.49. The third-order valence-corrected chi connectivity index (χ3v) is 3.86. The molecule has 3 N–H and O–H groups in total. The number of nitrogens with zero attached hydrogens (tertiary/aromatic N) is 3. The summed E-state index contributed by atoms with van der Waals surface area (Å²) in [6.07, 6.45) is -0.729. The molecule has 1 unspecified atom stereocenters. The molecule has 102 valence electrons. The van der Waals surface area contributed by atoms with Crippen LogP contribution in [0, 0.1) is 0 Å². The van der Waals surface area contributed by atoms with E-state index in [0.717, 1.165) is 0 Å². The SMILES string of the molecule is CC(O)c1cccc(S(=O)(=O)NCc2nn[nH]n2)c1. The Balaban J connectivity index is 2.17. The molecule has 1 aromatic carbocycles. The highest BCUT2D eigenvalue weighted by Gasteiger charge is 2.16. The Hall–Kier alpha value is -1.84. The predicted octanol–water partition coefficient (Wildman–Crippen LogP) is -0.269. The molecule has 1 heterocycles. The number of rotatable bonds is 5. The number of H-pyrrole nitrogens is 1. The summed E-state index contributed by atoms with van der Waals surface area (Å²) in [6.45, 7) is 1.51. The van der Waals surface area contributed by atoms with Crippen LogP contribution in [-0.2, 0) is 16.6 Å². The monoisotopic (exact) mass is 283 g/mol. The molecule has 0 saturated carbocycles. The van der Waals surface area contributed by atoms with E-state index in [1.165, 1.54) is 12.1 Å². The van der Waals surface area contributed by atoms with E-state index >= 15 is 0 Å². The van der Waals surface area contributed by atoms with Crippen LogP contribution in [0.5, 0.6) is 0 Å². The van der Waals surface area contributed by atoms with Crippen molar-refractivity contribution in [3.05, 3.63) is 35.7 Å². The summed E-state index contributed by atoms with van der Waals surface area (Å²) in [5, 5.41) is 22.3. The van der Waals surface area contributed by atoms with Gasteiger partial charge in [-0.1, -0.05) is 17.3 Å². The Morgan fingerprint density at radius 1 is 1.47 bits per heavy atom. The Kier molecular flexibility index (Phi) is 3.88. The van der Waals surface area contributed by atoms with Gasteiger partial charge in [0.15, 0.2) is 5.82 Å². The number of nitrogens with one attached hydrogen (secondary N) is 2. The summed E-state index contributed by atoms with van der Waals surface area (Å²) >= 11 is 0. The van der Waals surface area contributed by atoms with Crippen molar-refractivity contribution in [3.63, 3.8) is 0 Å². The lowest BCUT2D eigenvalue weighted by Gasteiger charge is -2.08. The average molecular weight is 283 g/mol. The Morgan fingerprint density at radius 3 is 2.89 bits per heavy atom. The number of sulfonamides is 1. The molecule has 1 atom stereocenters. The Morgan fingerprint density at radius 2 is 2.26 bits per heavy atom. The maximum Gasteiger partial charge on any atom is 0.240 e. The minimum Gasteiger partial charge on any atom is -0.389 e. The smallest absolute Gasteiger partial charge is 0.240 e. The lowest BCUT2D eigenvalue weighted by molar-refractivity contribution is 0.199. The van der Waals surface area contributed by atoms with Crippen LogP contribution in [-0.4, -0.2) is 34.1 Å². The van der Waals surface area contributed by atoms with Crippen LogP contribution < -0.4 is 4.72 Å². The molecule has 1 aromatic heterocycles. The molecular formula is C10H13N5O3S. The van der Waals surface area contributed by atoms with E-state index in [1.54, 1.807) is 19.1 Å². The lowest BCUT2D eigenvalue weighted by atomic mass is 10.1. The van der Waals surface area contributed by atoms with Gasteiger partial charge in [0.05, 0.1) is 17.5 Å². The number of aromatic amines is 1. The Bertz CT molecular complexity index is 639. The molecule has 19 heavy (non-hydrogen) atoms. The molecule has 0 aliphatic rings. The maximum absolute atomic E-state index is 12.0. The van der Waals surface area contributed by atoms with Gasteiger partial charge in [0.25, 0.3) is 0 Å². The van der Waals surface area contributed by atoms with Crippen molar-refractivity contribution in [3.8, 4) is 0 Å². The van der Waals surface area contributed by atoms with Crippen LogP contribution in [0.3, 0.4) is 0 Å². The fourth-order valence-corrected chi connectivity index (χ4v) is 2.48. The molecule has 0 fully saturated rings. The normalized spacial score (nSPS) is 13.4. The van der Waals surface area contributed by atoms with Gasteiger partial charge in [0.1, 0.15) is 0 Å². The highest BCUT2D eigenvalue weighted by Crippen LogP contribution is 2.17. The van der Waals surface area contributed by atoms with Crippen molar-refractivity contribution < 1.29 is 13.5 Å². The molecule has 0 saturated heterocycles. The summed E-state index contributed by atoms with van der Waals surface area (Å²) in [6, 6.07) is 6.10. The number of hydrogen-bond acceptors (Lipinski definition) is 6. The van der Waals surface area contributed by atoms with Crippen LogP contribution >= 0.6 is 0 Å². The van der Waals surface area contributed by atoms with Crippen molar-refractivity contribution >= 4 is 10.0 Å². The first-order chi connectivity index (χ1) is 8.99. The van der Waals surface area contributed by atoms with E-state index in [4.69, 9.17) is 0 Å². The molecule has 2 aromatic rings. The molecule has 8 nitrogen and oxygen atoms in total. The van der Waals surface area contributed by atoms with Crippen LogP contribution in [0.1, 0.15) is 24.4 Å². The summed E-state index contributed by atoms with van der Waals surface area (Å²) < 4.78 is 26.4. The van der Waals surface area contributed by atoms with Crippen molar-refractivity contribution in [2.24, 2.45) is 0 Å². The van der Waals surface area contributed by atoms with E-state index in [0.29, 0.717) is 5.56 Å². The zero-order valence-electron chi connectivity index (χ0n) is 10.1. The van der Waals surface area contributed by atoms with Crippen LogP contribution in [0.4, 0.5) is 0 Å². The predicted molar refractivity (Wildman–Crippen MR) is 65.3 cm³/mol. The first-order valence-corrected chi connectivity index (χ1v) is 6.97. The van der Waals surface area contributed by atoms with Gasteiger partial charge in [-0.15, -0.1) is 10.2 Å². The fourth-order valence-electron chi connectivity index (χ4n) is 1.44. The van der Waals surface area contributed by atoms with Gasteiger partial charge >= 0.3 is 0 Å². The van der Waals surface area contributed by atoms with Gasteiger partial charge in [0.2, 0.25) is 10.0 Å². The molecule has 9 heteroatoms. The highest BCUT2D eigenvalue weighted by molar-refractivity contribution is 7.89. The van der Waals surface area contributed by atoms with Gasteiger partial charge in [-0.05, 0) is 24.6 Å². The van der Waals surface area contributed by atoms with Crippen LogP contribution in [0.25, 0.3) is 0 Å². The van der Waals surface area contributed by atoms with Crippen LogP contribution in [0.2, 0.25) is 0 Å². The molecule has 0 radical (unpaired) electrons. The number of aliphatic hydroxyl groups excluding tert-OH is 1. The third kappa shape index (κ3) is 3.34.